The van der Waals surface area contributed by atoms with Crippen molar-refractivity contribution in [3.05, 3.63) is 151 Å². The maximum atomic E-state index is 2.48. The van der Waals surface area contributed by atoms with Crippen LogP contribution in [0.1, 0.15) is 5.56 Å². The molecule has 0 aliphatic carbocycles. The Kier molecular flexibility index (Phi) is 5.61. The maximum absolute atomic E-state index is 2.48. The second-order valence-corrected chi connectivity index (χ2v) is 11.7. The molecule has 1 nitrogen and oxygen atoms in total. The summed E-state index contributed by atoms with van der Waals surface area (Å²) in [7, 11) is 0. The Morgan fingerprint density at radius 1 is 0.488 bits per heavy atom. The van der Waals surface area contributed by atoms with Crippen molar-refractivity contribution in [3.63, 3.8) is 0 Å². The Morgan fingerprint density at radius 2 is 1.15 bits per heavy atom. The number of fused-ring (bicyclic) bond motifs is 5. The first kappa shape index (κ1) is 23.9. The molecule has 7 aromatic carbocycles. The Labute approximate surface area is 243 Å². The van der Waals surface area contributed by atoms with Gasteiger partial charge < -0.3 is 4.90 Å². The number of thiophene rings is 1. The van der Waals surface area contributed by atoms with Crippen LogP contribution < -0.4 is 4.90 Å². The minimum atomic E-state index is 1.16. The van der Waals surface area contributed by atoms with Crippen molar-refractivity contribution in [1.82, 2.24) is 0 Å². The lowest BCUT2D eigenvalue weighted by molar-refractivity contribution is 1.29. The molecule has 194 valence electrons. The van der Waals surface area contributed by atoms with Gasteiger partial charge in [0.2, 0.25) is 0 Å². The van der Waals surface area contributed by atoms with Crippen LogP contribution in [-0.2, 0) is 0 Å². The highest BCUT2D eigenvalue weighted by molar-refractivity contribution is 7.26. The van der Waals surface area contributed by atoms with E-state index in [9.17, 15) is 0 Å². The number of benzene rings is 7. The summed E-state index contributed by atoms with van der Waals surface area (Å²) in [6.45, 7) is 2.17. The minimum absolute atomic E-state index is 1.16. The van der Waals surface area contributed by atoms with E-state index < -0.39 is 0 Å². The number of anilines is 3. The molecule has 0 atom stereocenters. The SMILES string of the molecule is Cc1cccc(N(c2ccc3ccccc3c2-c2cccc3ccccc23)c2cccc3c2sc2ccccc23)c1. The van der Waals surface area contributed by atoms with Gasteiger partial charge in [0, 0.05) is 26.7 Å². The number of aryl methyl sites for hydroxylation is 1. The molecule has 1 aromatic heterocycles. The second-order valence-electron chi connectivity index (χ2n) is 10.6. The van der Waals surface area contributed by atoms with Gasteiger partial charge in [-0.05, 0) is 69.9 Å². The summed E-state index contributed by atoms with van der Waals surface area (Å²) >= 11 is 1.88. The van der Waals surface area contributed by atoms with Gasteiger partial charge in [0.25, 0.3) is 0 Å². The monoisotopic (exact) mass is 541 g/mol. The van der Waals surface area contributed by atoms with Crippen molar-refractivity contribution in [1.29, 1.82) is 0 Å². The van der Waals surface area contributed by atoms with Gasteiger partial charge in [-0.25, -0.2) is 0 Å². The van der Waals surface area contributed by atoms with Crippen LogP contribution in [0.25, 0.3) is 52.8 Å². The molecule has 2 heteroatoms. The molecule has 0 saturated carbocycles. The molecule has 0 aliphatic heterocycles. The first-order valence-corrected chi connectivity index (χ1v) is 14.8. The molecule has 0 fully saturated rings. The average molecular weight is 542 g/mol. The van der Waals surface area contributed by atoms with Crippen LogP contribution in [0.2, 0.25) is 0 Å². The summed E-state index contributed by atoms with van der Waals surface area (Å²) in [5, 5.41) is 7.61. The second kappa shape index (κ2) is 9.62. The van der Waals surface area contributed by atoms with Crippen LogP contribution in [0, 0.1) is 6.92 Å². The highest BCUT2D eigenvalue weighted by Crippen LogP contribution is 2.49. The van der Waals surface area contributed by atoms with Crippen LogP contribution in [0.15, 0.2) is 146 Å². The summed E-state index contributed by atoms with van der Waals surface area (Å²) in [6.07, 6.45) is 0. The molecule has 0 spiro atoms. The van der Waals surface area contributed by atoms with Gasteiger partial charge in [0.1, 0.15) is 0 Å². The van der Waals surface area contributed by atoms with Gasteiger partial charge >= 0.3 is 0 Å². The van der Waals surface area contributed by atoms with Gasteiger partial charge in [-0.1, -0.05) is 115 Å². The lowest BCUT2D eigenvalue weighted by atomic mass is 9.91. The molecular weight excluding hydrogens is 515 g/mol. The third kappa shape index (κ3) is 3.91. The molecule has 8 rings (SSSR count). The normalized spacial score (nSPS) is 11.5. The summed E-state index contributed by atoms with van der Waals surface area (Å²) in [5.41, 5.74) is 7.27. The number of nitrogens with zero attached hydrogens (tertiary/aromatic N) is 1. The molecule has 0 aliphatic rings. The highest BCUT2D eigenvalue weighted by atomic mass is 32.1. The Balaban J connectivity index is 1.52. The van der Waals surface area contributed by atoms with Crippen molar-refractivity contribution >= 4 is 70.1 Å². The zero-order chi connectivity index (χ0) is 27.3. The molecule has 8 aromatic rings. The van der Waals surface area contributed by atoms with Crippen molar-refractivity contribution < 1.29 is 0 Å². The van der Waals surface area contributed by atoms with E-state index in [1.54, 1.807) is 0 Å². The lowest BCUT2D eigenvalue weighted by Crippen LogP contribution is -2.12. The van der Waals surface area contributed by atoms with Crippen LogP contribution in [0.5, 0.6) is 0 Å². The van der Waals surface area contributed by atoms with Crippen molar-refractivity contribution in [3.8, 4) is 11.1 Å². The molecule has 0 radical (unpaired) electrons. The average Bonchev–Trinajstić information content (AvgIpc) is 3.41. The fourth-order valence-corrected chi connectivity index (χ4v) is 7.46. The molecule has 0 N–H and O–H groups in total. The predicted octanol–water partition coefficient (Wildman–Crippen LogP) is 11.8. The zero-order valence-corrected chi connectivity index (χ0v) is 23.5. The Bertz CT molecular complexity index is 2230. The number of hydrogen-bond acceptors (Lipinski definition) is 2. The molecule has 0 saturated heterocycles. The largest absolute Gasteiger partial charge is 0.308 e. The van der Waals surface area contributed by atoms with Crippen molar-refractivity contribution in [2.45, 2.75) is 6.92 Å². The van der Waals surface area contributed by atoms with Gasteiger partial charge in [-0.15, -0.1) is 11.3 Å². The number of rotatable bonds is 4. The predicted molar refractivity (Wildman–Crippen MR) is 179 cm³/mol. The molecule has 0 bridgehead atoms. The molecule has 1 heterocycles. The van der Waals surface area contributed by atoms with Gasteiger partial charge in [-0.2, -0.15) is 0 Å². The maximum Gasteiger partial charge on any atom is 0.0640 e. The van der Waals surface area contributed by atoms with E-state index in [1.165, 1.54) is 69.8 Å². The van der Waals surface area contributed by atoms with Gasteiger partial charge in [0.05, 0.1) is 16.1 Å². The molecule has 0 amide bonds. The van der Waals surface area contributed by atoms with E-state index in [1.807, 2.05) is 11.3 Å². The summed E-state index contributed by atoms with van der Waals surface area (Å²) in [5.74, 6) is 0. The minimum Gasteiger partial charge on any atom is -0.308 e. The first-order chi connectivity index (χ1) is 20.3. The fourth-order valence-electron chi connectivity index (χ4n) is 6.26. The standard InChI is InChI=1S/C39H27NS/c1-26-11-8-15-29(25-26)40(36-21-10-20-34-32-18-6-7-22-37(32)41-39(34)36)35-24-23-28-13-3-5-17-31(28)38(35)33-19-9-14-27-12-2-4-16-30(27)33/h2-25H,1H3. The highest BCUT2D eigenvalue weighted by Gasteiger charge is 2.23. The molecular formula is C39H27NS. The third-order valence-electron chi connectivity index (χ3n) is 8.09. The summed E-state index contributed by atoms with van der Waals surface area (Å²) < 4.78 is 2.61. The first-order valence-electron chi connectivity index (χ1n) is 14.0. The summed E-state index contributed by atoms with van der Waals surface area (Å²) in [4.78, 5) is 2.48. The van der Waals surface area contributed by atoms with Crippen LogP contribution in [0.3, 0.4) is 0 Å². The smallest absolute Gasteiger partial charge is 0.0640 e. The van der Waals surface area contributed by atoms with Gasteiger partial charge in [0.15, 0.2) is 0 Å². The Morgan fingerprint density at radius 3 is 2.00 bits per heavy atom. The topological polar surface area (TPSA) is 3.24 Å². The fraction of sp³-hybridized carbons (Fsp3) is 0.0256. The van der Waals surface area contributed by atoms with Crippen LogP contribution >= 0.6 is 11.3 Å². The zero-order valence-electron chi connectivity index (χ0n) is 22.7. The van der Waals surface area contributed by atoms with E-state index in [0.29, 0.717) is 0 Å². The molecule has 0 unspecified atom stereocenters. The van der Waals surface area contributed by atoms with Crippen LogP contribution in [0.4, 0.5) is 17.1 Å². The van der Waals surface area contributed by atoms with Crippen LogP contribution in [-0.4, -0.2) is 0 Å². The van der Waals surface area contributed by atoms with E-state index in [0.717, 1.165) is 5.69 Å². The number of hydrogen-bond donors (Lipinski definition) is 0. The van der Waals surface area contributed by atoms with E-state index in [-0.39, 0.29) is 0 Å². The van der Waals surface area contributed by atoms with Crippen molar-refractivity contribution in [2.75, 3.05) is 4.90 Å². The van der Waals surface area contributed by atoms with E-state index >= 15 is 0 Å². The Hall–Kier alpha value is -4.92. The lowest BCUT2D eigenvalue weighted by Gasteiger charge is -2.29. The molecule has 41 heavy (non-hydrogen) atoms. The quantitative estimate of drug-likeness (QED) is 0.214. The van der Waals surface area contributed by atoms with Crippen molar-refractivity contribution in [2.24, 2.45) is 0 Å². The van der Waals surface area contributed by atoms with Gasteiger partial charge in [-0.3, -0.25) is 0 Å². The summed E-state index contributed by atoms with van der Waals surface area (Å²) in [6, 6.07) is 53.1. The van der Waals surface area contributed by atoms with E-state index in [4.69, 9.17) is 0 Å². The third-order valence-corrected chi connectivity index (χ3v) is 9.30. The van der Waals surface area contributed by atoms with E-state index in [2.05, 4.69) is 157 Å².